The summed E-state index contributed by atoms with van der Waals surface area (Å²) in [5.74, 6) is 3.76. The van der Waals surface area contributed by atoms with Crippen molar-refractivity contribution in [2.45, 2.75) is 16.1 Å². The van der Waals surface area contributed by atoms with Gasteiger partial charge in [-0.1, -0.05) is 23.4 Å². The fourth-order valence-corrected chi connectivity index (χ4v) is 2.24. The minimum absolute atomic E-state index is 0.108. The van der Waals surface area contributed by atoms with E-state index in [1.54, 1.807) is 24.3 Å². The number of benzene rings is 1. The number of anilines is 1. The summed E-state index contributed by atoms with van der Waals surface area (Å²) in [6.45, 7) is 0. The topological polar surface area (TPSA) is 63.8 Å². The molecule has 0 atom stereocenters. The minimum Gasteiger partial charge on any atom is -0.308 e. The van der Waals surface area contributed by atoms with Crippen LogP contribution in [0, 0.1) is 0 Å². The normalized spacial score (nSPS) is 11.4. The van der Waals surface area contributed by atoms with E-state index < -0.39 is 12.0 Å². The van der Waals surface area contributed by atoms with Gasteiger partial charge in [-0.05, 0) is 24.3 Å². The Morgan fingerprint density at radius 2 is 1.80 bits per heavy atom. The van der Waals surface area contributed by atoms with Gasteiger partial charge in [0.15, 0.2) is 0 Å². The van der Waals surface area contributed by atoms with Crippen molar-refractivity contribution >= 4 is 29.2 Å². The second-order valence-electron chi connectivity index (χ2n) is 3.61. The molecular formula is C11H8ClF3N4S. The van der Waals surface area contributed by atoms with E-state index in [4.69, 9.17) is 17.4 Å². The van der Waals surface area contributed by atoms with E-state index in [-0.39, 0.29) is 10.8 Å². The first-order chi connectivity index (χ1) is 9.38. The van der Waals surface area contributed by atoms with Crippen LogP contribution in [0.4, 0.5) is 19.0 Å². The van der Waals surface area contributed by atoms with E-state index in [2.05, 4.69) is 15.4 Å². The summed E-state index contributed by atoms with van der Waals surface area (Å²) in [7, 11) is 0. The number of aromatic nitrogens is 2. The van der Waals surface area contributed by atoms with E-state index >= 15 is 0 Å². The molecular weight excluding hydrogens is 313 g/mol. The molecule has 20 heavy (non-hydrogen) atoms. The number of rotatable bonds is 3. The van der Waals surface area contributed by atoms with E-state index in [9.17, 15) is 13.2 Å². The molecule has 0 bridgehead atoms. The molecule has 4 nitrogen and oxygen atoms in total. The molecule has 1 aromatic heterocycles. The van der Waals surface area contributed by atoms with E-state index in [0.29, 0.717) is 9.92 Å². The molecule has 3 N–H and O–H groups in total. The Balaban J connectivity index is 2.33. The highest BCUT2D eigenvalue weighted by atomic mass is 35.5. The summed E-state index contributed by atoms with van der Waals surface area (Å²) in [4.78, 5) is 7.44. The average molecular weight is 321 g/mol. The van der Waals surface area contributed by atoms with Crippen LogP contribution in [0.3, 0.4) is 0 Å². The van der Waals surface area contributed by atoms with Gasteiger partial charge in [0.05, 0.1) is 0 Å². The second kappa shape index (κ2) is 5.86. The Morgan fingerprint density at radius 3 is 2.35 bits per heavy atom. The lowest BCUT2D eigenvalue weighted by atomic mass is 10.4. The van der Waals surface area contributed by atoms with E-state index in [1.807, 2.05) is 0 Å². The highest BCUT2D eigenvalue weighted by Crippen LogP contribution is 2.32. The van der Waals surface area contributed by atoms with Crippen molar-refractivity contribution in [2.24, 2.45) is 5.84 Å². The van der Waals surface area contributed by atoms with Crippen molar-refractivity contribution < 1.29 is 13.2 Å². The number of hydrogen-bond acceptors (Lipinski definition) is 5. The number of alkyl halides is 3. The van der Waals surface area contributed by atoms with Gasteiger partial charge in [0, 0.05) is 16.0 Å². The summed E-state index contributed by atoms with van der Waals surface area (Å²) >= 11 is 6.79. The van der Waals surface area contributed by atoms with Crippen molar-refractivity contribution in [3.63, 3.8) is 0 Å². The third kappa shape index (κ3) is 3.75. The molecule has 0 saturated heterocycles. The molecule has 0 aliphatic carbocycles. The molecule has 0 unspecified atom stereocenters. The molecule has 2 aromatic rings. The molecule has 1 aromatic carbocycles. The van der Waals surface area contributed by atoms with Crippen LogP contribution < -0.4 is 11.3 Å². The molecule has 1 heterocycles. The van der Waals surface area contributed by atoms with Crippen molar-refractivity contribution in [3.05, 3.63) is 41.2 Å². The molecule has 0 aliphatic heterocycles. The number of nitrogens with two attached hydrogens (primary N) is 1. The SMILES string of the molecule is NNc1cc(Sc2ccc(Cl)cc2)nc(C(F)(F)F)n1. The maximum Gasteiger partial charge on any atom is 0.451 e. The van der Waals surface area contributed by atoms with Gasteiger partial charge in [-0.25, -0.2) is 15.8 Å². The quantitative estimate of drug-likeness (QED) is 0.514. The smallest absolute Gasteiger partial charge is 0.308 e. The van der Waals surface area contributed by atoms with Gasteiger partial charge in [-0.15, -0.1) is 0 Å². The number of nitrogens with one attached hydrogen (secondary N) is 1. The molecule has 0 radical (unpaired) electrons. The minimum atomic E-state index is -4.64. The van der Waals surface area contributed by atoms with E-state index in [0.717, 1.165) is 11.8 Å². The number of hydrogen-bond donors (Lipinski definition) is 2. The lowest BCUT2D eigenvalue weighted by molar-refractivity contribution is -0.145. The molecule has 0 saturated carbocycles. The van der Waals surface area contributed by atoms with Crippen molar-refractivity contribution in [3.8, 4) is 0 Å². The zero-order valence-electron chi connectivity index (χ0n) is 9.78. The van der Waals surface area contributed by atoms with Crippen molar-refractivity contribution in [1.29, 1.82) is 0 Å². The molecule has 106 valence electrons. The third-order valence-corrected chi connectivity index (χ3v) is 3.32. The zero-order chi connectivity index (χ0) is 14.8. The van der Waals surface area contributed by atoms with Gasteiger partial charge in [-0.3, -0.25) is 0 Å². The summed E-state index contributed by atoms with van der Waals surface area (Å²) < 4.78 is 38.0. The molecule has 0 aliphatic rings. The highest BCUT2D eigenvalue weighted by molar-refractivity contribution is 7.99. The lowest BCUT2D eigenvalue weighted by Gasteiger charge is -2.09. The maximum absolute atomic E-state index is 12.7. The average Bonchev–Trinajstić information content (AvgIpc) is 2.40. The summed E-state index contributed by atoms with van der Waals surface area (Å²) in [6.07, 6.45) is -4.64. The van der Waals surface area contributed by atoms with Gasteiger partial charge < -0.3 is 5.43 Å². The van der Waals surface area contributed by atoms with Gasteiger partial charge in [-0.2, -0.15) is 13.2 Å². The van der Waals surface area contributed by atoms with Crippen LogP contribution in [-0.2, 0) is 6.18 Å². The Labute approximate surface area is 121 Å². The standard InChI is InChI=1S/C11H8ClF3N4S/c12-6-1-3-7(4-2-6)20-9-5-8(19-16)17-10(18-9)11(13,14)15/h1-5H,16H2,(H,17,18,19). The highest BCUT2D eigenvalue weighted by Gasteiger charge is 2.35. The Morgan fingerprint density at radius 1 is 1.15 bits per heavy atom. The maximum atomic E-state index is 12.7. The predicted molar refractivity (Wildman–Crippen MR) is 70.4 cm³/mol. The predicted octanol–water partition coefficient (Wildman–Crippen LogP) is 3.59. The lowest BCUT2D eigenvalue weighted by Crippen LogP contribution is -2.16. The van der Waals surface area contributed by atoms with Crippen LogP contribution >= 0.6 is 23.4 Å². The summed E-state index contributed by atoms with van der Waals surface area (Å²) in [5, 5.41) is 0.667. The van der Waals surface area contributed by atoms with Crippen LogP contribution in [0.25, 0.3) is 0 Å². The number of hydrazine groups is 1. The Bertz CT molecular complexity index is 604. The van der Waals surface area contributed by atoms with Crippen LogP contribution in [0.1, 0.15) is 5.82 Å². The van der Waals surface area contributed by atoms with Crippen LogP contribution in [0.15, 0.2) is 40.3 Å². The largest absolute Gasteiger partial charge is 0.451 e. The molecule has 0 spiro atoms. The first kappa shape index (κ1) is 14.9. The number of nitrogen functional groups attached to an aromatic ring is 1. The van der Waals surface area contributed by atoms with Crippen LogP contribution in [-0.4, -0.2) is 9.97 Å². The van der Waals surface area contributed by atoms with Crippen molar-refractivity contribution in [2.75, 3.05) is 5.43 Å². The Hall–Kier alpha value is -1.51. The molecule has 0 amide bonds. The summed E-state index contributed by atoms with van der Waals surface area (Å²) in [5.41, 5.74) is 2.09. The monoisotopic (exact) mass is 320 g/mol. The van der Waals surface area contributed by atoms with Gasteiger partial charge in [0.2, 0.25) is 5.82 Å². The first-order valence-electron chi connectivity index (χ1n) is 5.25. The third-order valence-electron chi connectivity index (χ3n) is 2.14. The second-order valence-corrected chi connectivity index (χ2v) is 5.14. The van der Waals surface area contributed by atoms with Crippen LogP contribution in [0.2, 0.25) is 5.02 Å². The molecule has 9 heteroatoms. The van der Waals surface area contributed by atoms with Crippen LogP contribution in [0.5, 0.6) is 0 Å². The van der Waals surface area contributed by atoms with E-state index in [1.165, 1.54) is 6.07 Å². The number of nitrogens with zero attached hydrogens (tertiary/aromatic N) is 2. The van der Waals surface area contributed by atoms with Gasteiger partial charge in [0.25, 0.3) is 0 Å². The molecule has 2 rings (SSSR count). The van der Waals surface area contributed by atoms with Crippen molar-refractivity contribution in [1.82, 2.24) is 9.97 Å². The zero-order valence-corrected chi connectivity index (χ0v) is 11.4. The van der Waals surface area contributed by atoms with Gasteiger partial charge >= 0.3 is 6.18 Å². The number of halogens is 4. The fourth-order valence-electron chi connectivity index (χ4n) is 1.30. The Kier molecular flexibility index (Phi) is 4.36. The fraction of sp³-hybridized carbons (Fsp3) is 0.0909. The van der Waals surface area contributed by atoms with Gasteiger partial charge in [0.1, 0.15) is 10.8 Å². The first-order valence-corrected chi connectivity index (χ1v) is 6.44. The summed E-state index contributed by atoms with van der Waals surface area (Å²) in [6, 6.07) is 7.96. The molecule has 0 fully saturated rings.